The number of rotatable bonds is 9. The van der Waals surface area contributed by atoms with E-state index in [9.17, 15) is 14.4 Å². The van der Waals surface area contributed by atoms with Crippen molar-refractivity contribution >= 4 is 28.7 Å². The van der Waals surface area contributed by atoms with E-state index in [4.69, 9.17) is 4.74 Å². The highest BCUT2D eigenvalue weighted by Crippen LogP contribution is 2.23. The van der Waals surface area contributed by atoms with Crippen molar-refractivity contribution in [2.24, 2.45) is 0 Å². The molecule has 3 N–H and O–H groups in total. The molecule has 1 aliphatic heterocycles. The normalized spacial score (nSPS) is 15.8. The number of nitrogens with one attached hydrogen (secondary N) is 3. The summed E-state index contributed by atoms with van der Waals surface area (Å²) in [5.74, 6) is 0.144. The summed E-state index contributed by atoms with van der Waals surface area (Å²) in [6, 6.07) is 14.2. The fourth-order valence-electron chi connectivity index (χ4n) is 3.90. The number of imide groups is 1. The monoisotopic (exact) mass is 434 g/mol. The number of aromatic nitrogens is 1. The molecule has 4 amide bonds. The Labute approximate surface area is 185 Å². The molecule has 0 radical (unpaired) electrons. The minimum Gasteiger partial charge on any atom is -0.497 e. The zero-order valence-corrected chi connectivity index (χ0v) is 17.9. The highest BCUT2D eigenvalue weighted by atomic mass is 16.5. The second-order valence-electron chi connectivity index (χ2n) is 7.76. The zero-order chi connectivity index (χ0) is 22.5. The van der Waals surface area contributed by atoms with Crippen LogP contribution in [0.25, 0.3) is 10.9 Å². The molecule has 1 saturated heterocycles. The number of hydrogen-bond acceptors (Lipinski definition) is 4. The number of H-pyrrole nitrogens is 1. The summed E-state index contributed by atoms with van der Waals surface area (Å²) in [7, 11) is 1.62. The minimum absolute atomic E-state index is 0.0753. The van der Waals surface area contributed by atoms with E-state index in [-0.39, 0.29) is 24.8 Å². The van der Waals surface area contributed by atoms with Gasteiger partial charge in [-0.1, -0.05) is 30.3 Å². The van der Waals surface area contributed by atoms with E-state index in [1.165, 1.54) is 4.90 Å². The van der Waals surface area contributed by atoms with Gasteiger partial charge in [-0.15, -0.1) is 0 Å². The number of aromatic amines is 1. The molecule has 1 aromatic heterocycles. The molecule has 0 aliphatic carbocycles. The molecule has 1 fully saturated rings. The zero-order valence-electron chi connectivity index (χ0n) is 17.9. The van der Waals surface area contributed by atoms with E-state index >= 15 is 0 Å². The average molecular weight is 434 g/mol. The fraction of sp³-hybridized carbons (Fsp3) is 0.292. The number of ether oxygens (including phenoxy) is 1. The van der Waals surface area contributed by atoms with E-state index in [2.05, 4.69) is 15.6 Å². The van der Waals surface area contributed by atoms with Gasteiger partial charge in [0.25, 0.3) is 5.91 Å². The summed E-state index contributed by atoms with van der Waals surface area (Å²) in [5.41, 5.74) is 3.11. The van der Waals surface area contributed by atoms with Gasteiger partial charge in [0.05, 0.1) is 13.5 Å². The minimum atomic E-state index is -0.823. The number of carbonyl (C=O) groups is 3. The van der Waals surface area contributed by atoms with E-state index in [1.807, 2.05) is 54.7 Å². The van der Waals surface area contributed by atoms with Gasteiger partial charge in [-0.25, -0.2) is 4.79 Å². The highest BCUT2D eigenvalue weighted by molar-refractivity contribution is 6.05. The molecule has 3 aromatic rings. The van der Waals surface area contributed by atoms with Crippen molar-refractivity contribution in [2.75, 3.05) is 20.2 Å². The van der Waals surface area contributed by atoms with Crippen molar-refractivity contribution < 1.29 is 19.1 Å². The first-order chi connectivity index (χ1) is 15.5. The van der Waals surface area contributed by atoms with Gasteiger partial charge in [0.2, 0.25) is 5.91 Å². The van der Waals surface area contributed by atoms with Crippen molar-refractivity contribution in [1.82, 2.24) is 20.5 Å². The first-order valence-corrected chi connectivity index (χ1v) is 10.6. The standard InChI is InChI=1S/C24H26N4O4/c1-32-18-7-8-20-19(13-18)17(15-26-20)9-11-25-22(29)14-21-23(30)28(24(31)27-21)12-10-16-5-3-2-4-6-16/h2-8,13,15,21,26H,9-12,14H2,1H3,(H,25,29)(H,27,31)/t21-/m1/s1. The van der Waals surface area contributed by atoms with Crippen molar-refractivity contribution in [1.29, 1.82) is 0 Å². The average Bonchev–Trinajstić information content (AvgIpc) is 3.32. The molecule has 1 atom stereocenters. The Kier molecular flexibility index (Phi) is 6.39. The second kappa shape index (κ2) is 9.55. The lowest BCUT2D eigenvalue weighted by Crippen LogP contribution is -2.37. The largest absolute Gasteiger partial charge is 0.497 e. The number of urea groups is 1. The molecule has 0 spiro atoms. The van der Waals surface area contributed by atoms with Gasteiger partial charge in [0.1, 0.15) is 11.8 Å². The molecule has 0 bridgehead atoms. The summed E-state index contributed by atoms with van der Waals surface area (Å²) in [6.07, 6.45) is 3.05. The molecule has 32 heavy (non-hydrogen) atoms. The third-order valence-electron chi connectivity index (χ3n) is 5.65. The Morgan fingerprint density at radius 2 is 1.94 bits per heavy atom. The topological polar surface area (TPSA) is 104 Å². The van der Waals surface area contributed by atoms with Crippen molar-refractivity contribution in [3.8, 4) is 5.75 Å². The van der Waals surface area contributed by atoms with Crippen LogP contribution in [0, 0.1) is 0 Å². The van der Waals surface area contributed by atoms with Gasteiger partial charge in [0, 0.05) is 30.2 Å². The smallest absolute Gasteiger partial charge is 0.324 e. The maximum atomic E-state index is 12.6. The lowest BCUT2D eigenvalue weighted by molar-refractivity contribution is -0.130. The summed E-state index contributed by atoms with van der Waals surface area (Å²) in [5, 5.41) is 6.51. The number of nitrogens with zero attached hydrogens (tertiary/aromatic N) is 1. The molecule has 8 nitrogen and oxygen atoms in total. The Hall–Kier alpha value is -3.81. The lowest BCUT2D eigenvalue weighted by Gasteiger charge is -2.13. The number of fused-ring (bicyclic) bond motifs is 1. The van der Waals surface area contributed by atoms with Crippen LogP contribution >= 0.6 is 0 Å². The predicted molar refractivity (Wildman–Crippen MR) is 120 cm³/mol. The quantitative estimate of drug-likeness (QED) is 0.450. The second-order valence-corrected chi connectivity index (χ2v) is 7.76. The van der Waals surface area contributed by atoms with Gasteiger partial charge in [0.15, 0.2) is 0 Å². The van der Waals surface area contributed by atoms with Crippen LogP contribution in [-0.2, 0) is 22.4 Å². The molecule has 1 aliphatic rings. The lowest BCUT2D eigenvalue weighted by atomic mass is 10.1. The van der Waals surface area contributed by atoms with Crippen LogP contribution in [0.15, 0.2) is 54.7 Å². The molecule has 166 valence electrons. The van der Waals surface area contributed by atoms with Gasteiger partial charge < -0.3 is 20.4 Å². The Morgan fingerprint density at radius 3 is 2.72 bits per heavy atom. The number of benzene rings is 2. The van der Waals surface area contributed by atoms with E-state index in [0.717, 1.165) is 27.8 Å². The maximum Gasteiger partial charge on any atom is 0.324 e. The van der Waals surface area contributed by atoms with Gasteiger partial charge in [-0.05, 0) is 42.2 Å². The van der Waals surface area contributed by atoms with Crippen LogP contribution in [-0.4, -0.2) is 54.0 Å². The number of methoxy groups -OCH3 is 1. The number of carbonyl (C=O) groups excluding carboxylic acids is 3. The van der Waals surface area contributed by atoms with E-state index in [1.54, 1.807) is 7.11 Å². The van der Waals surface area contributed by atoms with Crippen LogP contribution < -0.4 is 15.4 Å². The summed E-state index contributed by atoms with van der Waals surface area (Å²) in [6.45, 7) is 0.715. The molecular formula is C24H26N4O4. The Bertz CT molecular complexity index is 1130. The van der Waals surface area contributed by atoms with Crippen LogP contribution in [0.1, 0.15) is 17.5 Å². The molecule has 0 saturated carbocycles. The highest BCUT2D eigenvalue weighted by Gasteiger charge is 2.38. The summed E-state index contributed by atoms with van der Waals surface area (Å²) >= 11 is 0. The summed E-state index contributed by atoms with van der Waals surface area (Å²) in [4.78, 5) is 41.5. The molecular weight excluding hydrogens is 408 g/mol. The Balaban J connectivity index is 1.26. The fourth-order valence-corrected chi connectivity index (χ4v) is 3.90. The Morgan fingerprint density at radius 1 is 1.12 bits per heavy atom. The third kappa shape index (κ3) is 4.74. The third-order valence-corrected chi connectivity index (χ3v) is 5.65. The van der Waals surface area contributed by atoms with Crippen LogP contribution in [0.4, 0.5) is 4.79 Å². The van der Waals surface area contributed by atoms with E-state index in [0.29, 0.717) is 19.4 Å². The van der Waals surface area contributed by atoms with E-state index < -0.39 is 12.1 Å². The molecule has 8 heteroatoms. The molecule has 4 rings (SSSR count). The van der Waals surface area contributed by atoms with Gasteiger partial charge in [-0.2, -0.15) is 0 Å². The van der Waals surface area contributed by atoms with Crippen LogP contribution in [0.3, 0.4) is 0 Å². The first-order valence-electron chi connectivity index (χ1n) is 10.6. The molecule has 2 heterocycles. The first kappa shape index (κ1) is 21.4. The summed E-state index contributed by atoms with van der Waals surface area (Å²) < 4.78 is 5.28. The number of hydrogen-bond donors (Lipinski definition) is 3. The van der Waals surface area contributed by atoms with Crippen LogP contribution in [0.5, 0.6) is 5.75 Å². The molecule has 0 unspecified atom stereocenters. The van der Waals surface area contributed by atoms with Crippen molar-refractivity contribution in [2.45, 2.75) is 25.3 Å². The molecule has 2 aromatic carbocycles. The predicted octanol–water partition coefficient (Wildman–Crippen LogP) is 2.39. The van der Waals surface area contributed by atoms with Crippen molar-refractivity contribution in [3.63, 3.8) is 0 Å². The number of amides is 4. The van der Waals surface area contributed by atoms with Crippen LogP contribution in [0.2, 0.25) is 0 Å². The van der Waals surface area contributed by atoms with Gasteiger partial charge >= 0.3 is 6.03 Å². The van der Waals surface area contributed by atoms with Crippen molar-refractivity contribution in [3.05, 3.63) is 65.9 Å². The SMILES string of the molecule is COc1ccc2[nH]cc(CCNC(=O)C[C@H]3NC(=O)N(CCc4ccccc4)C3=O)c2c1. The maximum absolute atomic E-state index is 12.6. The van der Waals surface area contributed by atoms with Gasteiger partial charge in [-0.3, -0.25) is 14.5 Å².